The van der Waals surface area contributed by atoms with Crippen LogP contribution in [-0.2, 0) is 13.0 Å². The molecule has 0 amide bonds. The molecule has 0 aromatic heterocycles. The zero-order valence-corrected chi connectivity index (χ0v) is 12.6. The second-order valence-electron chi connectivity index (χ2n) is 5.45. The molecule has 0 saturated heterocycles. The monoisotopic (exact) mass is 301 g/mol. The molecule has 2 N–H and O–H groups in total. The third-order valence-corrected chi connectivity index (χ3v) is 3.63. The zero-order valence-electron chi connectivity index (χ0n) is 12.6. The van der Waals surface area contributed by atoms with E-state index in [1.165, 1.54) is 12.1 Å². The van der Waals surface area contributed by atoms with Gasteiger partial charge in [-0.05, 0) is 55.2 Å². The van der Waals surface area contributed by atoms with Crippen molar-refractivity contribution in [3.8, 4) is 0 Å². The molecule has 0 aliphatic carbocycles. The number of nitrogens with one attached hydrogen (secondary N) is 1. The molecule has 2 aromatic carbocycles. The van der Waals surface area contributed by atoms with Crippen LogP contribution in [0.5, 0.6) is 0 Å². The molecule has 0 bridgehead atoms. The maximum Gasteiger partial charge on any atom is 0.335 e. The third-order valence-electron chi connectivity index (χ3n) is 3.63. The molecule has 0 spiro atoms. The van der Waals surface area contributed by atoms with Crippen molar-refractivity contribution in [2.75, 3.05) is 0 Å². The fourth-order valence-corrected chi connectivity index (χ4v) is 2.19. The summed E-state index contributed by atoms with van der Waals surface area (Å²) in [5.41, 5.74) is 2.48. The zero-order chi connectivity index (χ0) is 15.9. The minimum Gasteiger partial charge on any atom is -0.478 e. The quantitative estimate of drug-likeness (QED) is 0.821. The highest BCUT2D eigenvalue weighted by atomic mass is 19.1. The molecular formula is C18H20FNO2. The van der Waals surface area contributed by atoms with Crippen molar-refractivity contribution in [1.82, 2.24) is 5.32 Å². The molecule has 2 aromatic rings. The largest absolute Gasteiger partial charge is 0.478 e. The van der Waals surface area contributed by atoms with E-state index in [4.69, 9.17) is 5.11 Å². The van der Waals surface area contributed by atoms with E-state index in [9.17, 15) is 9.18 Å². The minimum absolute atomic E-state index is 0.209. The van der Waals surface area contributed by atoms with Crippen molar-refractivity contribution in [3.63, 3.8) is 0 Å². The minimum atomic E-state index is -0.910. The van der Waals surface area contributed by atoms with E-state index in [1.54, 1.807) is 12.1 Å². The highest BCUT2D eigenvalue weighted by Gasteiger charge is 2.05. The fraction of sp³-hybridized carbons (Fsp3) is 0.278. The normalized spacial score (nSPS) is 12.1. The number of aryl methyl sites for hydroxylation is 1. The number of halogens is 1. The summed E-state index contributed by atoms with van der Waals surface area (Å²) in [5.74, 6) is -1.12. The number of hydrogen-bond acceptors (Lipinski definition) is 2. The van der Waals surface area contributed by atoms with Crippen molar-refractivity contribution < 1.29 is 14.3 Å². The van der Waals surface area contributed by atoms with Crippen LogP contribution < -0.4 is 5.32 Å². The van der Waals surface area contributed by atoms with Crippen molar-refractivity contribution in [1.29, 1.82) is 0 Å². The Balaban J connectivity index is 1.76. The van der Waals surface area contributed by atoms with Crippen LogP contribution in [0.15, 0.2) is 48.5 Å². The van der Waals surface area contributed by atoms with E-state index < -0.39 is 5.97 Å². The molecule has 2 rings (SSSR count). The summed E-state index contributed by atoms with van der Waals surface area (Å²) in [6.07, 6.45) is 1.85. The highest BCUT2D eigenvalue weighted by Crippen LogP contribution is 2.08. The Morgan fingerprint density at radius 3 is 2.27 bits per heavy atom. The number of aromatic carboxylic acids is 1. The van der Waals surface area contributed by atoms with E-state index in [0.717, 1.165) is 24.0 Å². The van der Waals surface area contributed by atoms with Crippen LogP contribution in [0.3, 0.4) is 0 Å². The fourth-order valence-electron chi connectivity index (χ4n) is 2.19. The SMILES string of the molecule is CC(CCc1ccc(F)cc1)NCc1ccc(C(=O)O)cc1. The predicted octanol–water partition coefficient (Wildman–Crippen LogP) is 3.63. The molecule has 4 heteroatoms. The van der Waals surface area contributed by atoms with Crippen LogP contribution in [0.25, 0.3) is 0 Å². The Hall–Kier alpha value is -2.20. The van der Waals surface area contributed by atoms with Crippen LogP contribution in [0.2, 0.25) is 0 Å². The molecule has 0 fully saturated rings. The van der Waals surface area contributed by atoms with Gasteiger partial charge in [0, 0.05) is 12.6 Å². The van der Waals surface area contributed by atoms with Gasteiger partial charge in [0.1, 0.15) is 5.82 Å². The summed E-state index contributed by atoms with van der Waals surface area (Å²) in [5, 5.41) is 12.3. The van der Waals surface area contributed by atoms with E-state index in [0.29, 0.717) is 18.2 Å². The van der Waals surface area contributed by atoms with Gasteiger partial charge in [0.25, 0.3) is 0 Å². The van der Waals surface area contributed by atoms with Crippen molar-refractivity contribution >= 4 is 5.97 Å². The van der Waals surface area contributed by atoms with E-state index in [1.807, 2.05) is 24.3 Å². The summed E-state index contributed by atoms with van der Waals surface area (Å²) in [4.78, 5) is 10.8. The number of carbonyl (C=O) groups is 1. The lowest BCUT2D eigenvalue weighted by Crippen LogP contribution is -2.26. The van der Waals surface area contributed by atoms with Crippen LogP contribution >= 0.6 is 0 Å². The molecule has 0 heterocycles. The lowest BCUT2D eigenvalue weighted by molar-refractivity contribution is 0.0697. The summed E-state index contributed by atoms with van der Waals surface area (Å²) in [7, 11) is 0. The Labute approximate surface area is 129 Å². The summed E-state index contributed by atoms with van der Waals surface area (Å²) in [6.45, 7) is 2.81. The van der Waals surface area contributed by atoms with Gasteiger partial charge in [-0.15, -0.1) is 0 Å². The van der Waals surface area contributed by atoms with Gasteiger partial charge in [-0.3, -0.25) is 0 Å². The first-order chi connectivity index (χ1) is 10.5. The highest BCUT2D eigenvalue weighted by molar-refractivity contribution is 5.87. The Kier molecular flexibility index (Phi) is 5.67. The second kappa shape index (κ2) is 7.71. The molecule has 116 valence electrons. The van der Waals surface area contributed by atoms with Crippen molar-refractivity contribution in [2.45, 2.75) is 32.4 Å². The van der Waals surface area contributed by atoms with Gasteiger partial charge in [-0.2, -0.15) is 0 Å². The smallest absolute Gasteiger partial charge is 0.335 e. The van der Waals surface area contributed by atoms with Gasteiger partial charge in [0.2, 0.25) is 0 Å². The van der Waals surface area contributed by atoms with Gasteiger partial charge in [0.05, 0.1) is 5.56 Å². The van der Waals surface area contributed by atoms with Gasteiger partial charge in [0.15, 0.2) is 0 Å². The Morgan fingerprint density at radius 2 is 1.68 bits per heavy atom. The molecule has 0 aliphatic rings. The van der Waals surface area contributed by atoms with Gasteiger partial charge < -0.3 is 10.4 Å². The summed E-state index contributed by atoms with van der Waals surface area (Å²) in [6, 6.07) is 13.8. The first kappa shape index (κ1) is 16.2. The average Bonchev–Trinajstić information content (AvgIpc) is 2.52. The van der Waals surface area contributed by atoms with Crippen molar-refractivity contribution in [3.05, 3.63) is 71.0 Å². The molecule has 3 nitrogen and oxygen atoms in total. The maximum absolute atomic E-state index is 12.8. The van der Waals surface area contributed by atoms with Gasteiger partial charge >= 0.3 is 5.97 Å². The predicted molar refractivity (Wildman–Crippen MR) is 84.4 cm³/mol. The molecule has 0 aliphatic heterocycles. The van der Waals surface area contributed by atoms with Crippen molar-refractivity contribution in [2.24, 2.45) is 0 Å². The molecule has 0 saturated carbocycles. The maximum atomic E-state index is 12.8. The summed E-state index contributed by atoms with van der Waals surface area (Å²) >= 11 is 0. The number of hydrogen-bond donors (Lipinski definition) is 2. The standard InChI is InChI=1S/C18H20FNO2/c1-13(2-3-14-6-10-17(19)11-7-14)20-12-15-4-8-16(9-5-15)18(21)22/h4-11,13,20H,2-3,12H2,1H3,(H,21,22). The van der Waals surface area contributed by atoms with Crippen LogP contribution in [0, 0.1) is 5.82 Å². The topological polar surface area (TPSA) is 49.3 Å². The van der Waals surface area contributed by atoms with Gasteiger partial charge in [-0.25, -0.2) is 9.18 Å². The Morgan fingerprint density at radius 1 is 1.09 bits per heavy atom. The number of rotatable bonds is 7. The van der Waals surface area contributed by atoms with Crippen LogP contribution in [0.1, 0.15) is 34.8 Å². The number of benzene rings is 2. The second-order valence-corrected chi connectivity index (χ2v) is 5.45. The van der Waals surface area contributed by atoms with E-state index in [-0.39, 0.29) is 5.82 Å². The molecule has 1 unspecified atom stereocenters. The Bertz CT molecular complexity index is 608. The third kappa shape index (κ3) is 4.97. The lowest BCUT2D eigenvalue weighted by Gasteiger charge is -2.14. The van der Waals surface area contributed by atoms with Crippen LogP contribution in [-0.4, -0.2) is 17.1 Å². The van der Waals surface area contributed by atoms with Gasteiger partial charge in [-0.1, -0.05) is 24.3 Å². The average molecular weight is 301 g/mol. The van der Waals surface area contributed by atoms with E-state index >= 15 is 0 Å². The molecular weight excluding hydrogens is 281 g/mol. The molecule has 22 heavy (non-hydrogen) atoms. The van der Waals surface area contributed by atoms with Crippen LogP contribution in [0.4, 0.5) is 4.39 Å². The lowest BCUT2D eigenvalue weighted by atomic mass is 10.1. The first-order valence-electron chi connectivity index (χ1n) is 7.34. The number of carboxylic acid groups (broad SMARTS) is 1. The molecule has 0 radical (unpaired) electrons. The molecule has 1 atom stereocenters. The summed E-state index contributed by atoms with van der Waals surface area (Å²) < 4.78 is 12.8. The van der Waals surface area contributed by atoms with E-state index in [2.05, 4.69) is 12.2 Å². The first-order valence-corrected chi connectivity index (χ1v) is 7.34. The number of carboxylic acids is 1.